The Labute approximate surface area is 168 Å². The number of hydrogen-bond acceptors (Lipinski definition) is 9. The van der Waals surface area contributed by atoms with Gasteiger partial charge in [0.25, 0.3) is 0 Å². The number of phenols is 2. The van der Waals surface area contributed by atoms with Crippen LogP contribution in [0.1, 0.15) is 19.4 Å². The predicted octanol–water partition coefficient (Wildman–Crippen LogP) is 0.488. The van der Waals surface area contributed by atoms with E-state index < -0.39 is 43.3 Å². The van der Waals surface area contributed by atoms with Crippen molar-refractivity contribution in [3.8, 4) is 11.5 Å². The molecule has 1 aliphatic rings. The topological polar surface area (TPSA) is 146 Å². The second kappa shape index (κ2) is 10.3. The maximum Gasteiger partial charge on any atom is 0.331 e. The van der Waals surface area contributed by atoms with Crippen molar-refractivity contribution in [2.75, 3.05) is 6.61 Å². The number of rotatable bonds is 7. The second-order valence-corrected chi connectivity index (χ2v) is 6.86. The van der Waals surface area contributed by atoms with E-state index in [9.17, 15) is 30.3 Å². The molecule has 0 unspecified atom stereocenters. The Morgan fingerprint density at radius 2 is 1.90 bits per heavy atom. The molecule has 1 aromatic rings. The van der Waals surface area contributed by atoms with Gasteiger partial charge in [-0.15, -0.1) is 0 Å². The molecule has 2 rings (SSSR count). The van der Waals surface area contributed by atoms with Gasteiger partial charge in [-0.1, -0.05) is 11.6 Å². The number of ether oxygens (including phenoxy) is 3. The fourth-order valence-electron chi connectivity index (χ4n) is 2.72. The smallest absolute Gasteiger partial charge is 0.331 e. The third kappa shape index (κ3) is 6.20. The van der Waals surface area contributed by atoms with Gasteiger partial charge in [0, 0.05) is 6.08 Å². The van der Waals surface area contributed by atoms with Gasteiger partial charge in [-0.05, 0) is 44.0 Å². The lowest BCUT2D eigenvalue weighted by molar-refractivity contribution is -0.290. The number of carbonyl (C=O) groups excluding carboxylic acids is 1. The van der Waals surface area contributed by atoms with Crippen molar-refractivity contribution in [1.29, 1.82) is 0 Å². The van der Waals surface area contributed by atoms with Crippen LogP contribution in [0.2, 0.25) is 0 Å². The Morgan fingerprint density at radius 3 is 2.52 bits per heavy atom. The SMILES string of the molecule is CC(C)=CC(=O)O[C@@H]1[C@@H](O)[C@H](OC=CCc2ccc(O)c(O)c2)O[C@H](CO)[C@H]1O. The largest absolute Gasteiger partial charge is 0.504 e. The van der Waals surface area contributed by atoms with Crippen molar-refractivity contribution in [3.63, 3.8) is 0 Å². The first-order valence-corrected chi connectivity index (χ1v) is 9.02. The Hall–Kier alpha value is -2.59. The summed E-state index contributed by atoms with van der Waals surface area (Å²) in [5.41, 5.74) is 1.38. The number of aliphatic hydroxyl groups excluding tert-OH is 3. The van der Waals surface area contributed by atoms with Crippen LogP contribution in [-0.4, -0.2) is 68.8 Å². The Balaban J connectivity index is 2.01. The van der Waals surface area contributed by atoms with Gasteiger partial charge in [0.05, 0.1) is 12.9 Å². The van der Waals surface area contributed by atoms with Gasteiger partial charge in [0.1, 0.15) is 12.2 Å². The van der Waals surface area contributed by atoms with E-state index in [1.165, 1.54) is 24.5 Å². The highest BCUT2D eigenvalue weighted by Gasteiger charge is 2.47. The predicted molar refractivity (Wildman–Crippen MR) is 101 cm³/mol. The van der Waals surface area contributed by atoms with Crippen molar-refractivity contribution in [2.45, 2.75) is 51.0 Å². The van der Waals surface area contributed by atoms with Crippen LogP contribution in [0, 0.1) is 0 Å². The zero-order chi connectivity index (χ0) is 21.6. The highest BCUT2D eigenvalue weighted by molar-refractivity contribution is 5.82. The Bertz CT molecular complexity index is 754. The summed E-state index contributed by atoms with van der Waals surface area (Å²) >= 11 is 0. The minimum Gasteiger partial charge on any atom is -0.504 e. The van der Waals surface area contributed by atoms with Crippen LogP contribution >= 0.6 is 0 Å². The molecule has 1 aromatic carbocycles. The number of allylic oxidation sites excluding steroid dienone is 2. The van der Waals surface area contributed by atoms with Gasteiger partial charge in [-0.25, -0.2) is 4.79 Å². The lowest BCUT2D eigenvalue weighted by atomic mass is 9.99. The standard InChI is InChI=1S/C20H26O9/c1-11(2)8-16(24)29-19-17(25)15(10-21)28-20(18(19)26)27-7-3-4-12-5-6-13(22)14(23)9-12/h3,5-9,15,17-23,25-26H,4,10H2,1-2H3/t15-,17-,18-,19+,20-/m1/s1. The molecular formula is C20H26O9. The lowest BCUT2D eigenvalue weighted by Gasteiger charge is -2.40. The molecule has 1 saturated heterocycles. The number of aromatic hydroxyl groups is 2. The first-order chi connectivity index (χ1) is 13.7. The van der Waals surface area contributed by atoms with E-state index in [4.69, 9.17) is 14.2 Å². The molecule has 0 radical (unpaired) electrons. The summed E-state index contributed by atoms with van der Waals surface area (Å²) in [7, 11) is 0. The quantitative estimate of drug-likeness (QED) is 0.188. The van der Waals surface area contributed by atoms with Crippen molar-refractivity contribution >= 4 is 5.97 Å². The van der Waals surface area contributed by atoms with Gasteiger partial charge in [0.2, 0.25) is 6.29 Å². The van der Waals surface area contributed by atoms with Crippen molar-refractivity contribution in [2.24, 2.45) is 0 Å². The summed E-state index contributed by atoms with van der Waals surface area (Å²) in [6.07, 6.45) is -2.30. The molecule has 0 bridgehead atoms. The zero-order valence-corrected chi connectivity index (χ0v) is 16.1. The normalized spacial score (nSPS) is 26.9. The third-order valence-electron chi connectivity index (χ3n) is 4.18. The summed E-state index contributed by atoms with van der Waals surface area (Å²) in [5.74, 6) is -1.22. The summed E-state index contributed by atoms with van der Waals surface area (Å²) in [6, 6.07) is 4.36. The summed E-state index contributed by atoms with van der Waals surface area (Å²) in [5, 5.41) is 48.8. The first-order valence-electron chi connectivity index (χ1n) is 9.02. The van der Waals surface area contributed by atoms with E-state index >= 15 is 0 Å². The van der Waals surface area contributed by atoms with Gasteiger partial charge in [0.15, 0.2) is 23.7 Å². The Kier molecular flexibility index (Phi) is 8.03. The number of benzene rings is 1. The molecule has 1 aliphatic heterocycles. The fourth-order valence-corrected chi connectivity index (χ4v) is 2.72. The van der Waals surface area contributed by atoms with E-state index in [-0.39, 0.29) is 11.5 Å². The molecule has 9 nitrogen and oxygen atoms in total. The molecule has 0 saturated carbocycles. The number of esters is 1. The van der Waals surface area contributed by atoms with Crippen molar-refractivity contribution in [3.05, 3.63) is 47.7 Å². The fraction of sp³-hybridized carbons (Fsp3) is 0.450. The minimum atomic E-state index is -1.50. The van der Waals surface area contributed by atoms with E-state index in [0.717, 1.165) is 0 Å². The average molecular weight is 410 g/mol. The van der Waals surface area contributed by atoms with E-state index in [1.54, 1.807) is 26.0 Å². The van der Waals surface area contributed by atoms with Gasteiger partial charge in [-0.2, -0.15) is 0 Å². The third-order valence-corrected chi connectivity index (χ3v) is 4.18. The molecule has 9 heteroatoms. The van der Waals surface area contributed by atoms with Crippen molar-refractivity contribution < 1.29 is 44.5 Å². The maximum absolute atomic E-state index is 11.9. The number of hydrogen-bond donors (Lipinski definition) is 5. The molecule has 0 amide bonds. The molecule has 1 heterocycles. The first kappa shape index (κ1) is 22.7. The zero-order valence-electron chi connectivity index (χ0n) is 16.1. The molecule has 160 valence electrons. The number of carbonyl (C=O) groups is 1. The van der Waals surface area contributed by atoms with Crippen LogP contribution in [-0.2, 0) is 25.4 Å². The Morgan fingerprint density at radius 1 is 1.17 bits per heavy atom. The van der Waals surface area contributed by atoms with E-state index in [2.05, 4.69) is 0 Å². The summed E-state index contributed by atoms with van der Waals surface area (Å²) in [6.45, 7) is 2.82. The van der Waals surface area contributed by atoms with Crippen LogP contribution in [0.4, 0.5) is 0 Å². The lowest BCUT2D eigenvalue weighted by Crippen LogP contribution is -2.60. The van der Waals surface area contributed by atoms with Gasteiger partial charge >= 0.3 is 5.97 Å². The number of phenolic OH excluding ortho intramolecular Hbond substituents is 2. The van der Waals surface area contributed by atoms with E-state index in [0.29, 0.717) is 17.6 Å². The average Bonchev–Trinajstić information content (AvgIpc) is 2.66. The molecule has 0 aromatic heterocycles. The summed E-state index contributed by atoms with van der Waals surface area (Å²) < 4.78 is 15.8. The molecule has 5 N–H and O–H groups in total. The van der Waals surface area contributed by atoms with Crippen LogP contribution in [0.5, 0.6) is 11.5 Å². The molecule has 5 atom stereocenters. The maximum atomic E-state index is 11.9. The number of aliphatic hydroxyl groups is 3. The second-order valence-electron chi connectivity index (χ2n) is 6.86. The highest BCUT2D eigenvalue weighted by atomic mass is 16.7. The molecule has 1 fully saturated rings. The summed E-state index contributed by atoms with van der Waals surface area (Å²) in [4.78, 5) is 11.9. The van der Waals surface area contributed by atoms with Gasteiger partial charge in [-0.3, -0.25) is 0 Å². The minimum absolute atomic E-state index is 0.227. The van der Waals surface area contributed by atoms with Crippen LogP contribution in [0.15, 0.2) is 42.2 Å². The van der Waals surface area contributed by atoms with Gasteiger partial charge < -0.3 is 39.7 Å². The molecule has 0 aliphatic carbocycles. The van der Waals surface area contributed by atoms with Crippen LogP contribution in [0.3, 0.4) is 0 Å². The van der Waals surface area contributed by atoms with Crippen LogP contribution < -0.4 is 0 Å². The van der Waals surface area contributed by atoms with Crippen LogP contribution in [0.25, 0.3) is 0 Å². The molecular weight excluding hydrogens is 384 g/mol. The monoisotopic (exact) mass is 410 g/mol. The van der Waals surface area contributed by atoms with Crippen molar-refractivity contribution in [1.82, 2.24) is 0 Å². The van der Waals surface area contributed by atoms with E-state index in [1.807, 2.05) is 0 Å². The molecule has 0 spiro atoms. The molecule has 29 heavy (non-hydrogen) atoms. The highest BCUT2D eigenvalue weighted by Crippen LogP contribution is 2.26.